The molecule has 0 saturated carbocycles. The second-order valence-electron chi connectivity index (χ2n) is 7.50. The van der Waals surface area contributed by atoms with E-state index in [1.165, 1.54) is 43.3 Å². The third kappa shape index (κ3) is 5.48. The number of fused-ring (bicyclic) bond motifs is 1. The number of rotatable bonds is 9. The highest BCUT2D eigenvalue weighted by Crippen LogP contribution is 2.31. The standard InChI is InChI=1S/C23H19ClF2N4O6S/c1-34-5-6-36-19-11-27-21-4-3-13(12-30(21)23(19)31)14-7-18(22(35-2)28-10-14)29-37(32,33)20-8-15(24)16(25)9-17(20)26/h3-4,7-12,29H,5-6H2,1-2H3. The van der Waals surface area contributed by atoms with Gasteiger partial charge in [0.2, 0.25) is 11.6 Å². The molecule has 0 saturated heterocycles. The van der Waals surface area contributed by atoms with E-state index in [-0.39, 0.29) is 30.5 Å². The summed E-state index contributed by atoms with van der Waals surface area (Å²) in [4.78, 5) is 20.3. The molecule has 0 aliphatic carbocycles. The molecule has 0 bridgehead atoms. The zero-order chi connectivity index (χ0) is 26.7. The summed E-state index contributed by atoms with van der Waals surface area (Å²) in [5.74, 6) is -2.53. The van der Waals surface area contributed by atoms with Gasteiger partial charge in [-0.25, -0.2) is 27.2 Å². The van der Waals surface area contributed by atoms with Gasteiger partial charge in [0, 0.05) is 36.7 Å². The Kier molecular flexibility index (Phi) is 7.57. The molecular weight excluding hydrogens is 534 g/mol. The van der Waals surface area contributed by atoms with Gasteiger partial charge in [-0.15, -0.1) is 0 Å². The highest BCUT2D eigenvalue weighted by molar-refractivity contribution is 7.92. The minimum absolute atomic E-state index is 0.0213. The third-order valence-corrected chi connectivity index (χ3v) is 6.77. The van der Waals surface area contributed by atoms with Crippen molar-refractivity contribution in [2.24, 2.45) is 0 Å². The Morgan fingerprint density at radius 2 is 1.81 bits per heavy atom. The number of sulfonamides is 1. The molecule has 1 N–H and O–H groups in total. The molecule has 3 heterocycles. The molecule has 0 aliphatic rings. The summed E-state index contributed by atoms with van der Waals surface area (Å²) >= 11 is 5.65. The fraction of sp³-hybridized carbons (Fsp3) is 0.174. The van der Waals surface area contributed by atoms with Crippen LogP contribution in [0.15, 0.2) is 58.6 Å². The first-order valence-electron chi connectivity index (χ1n) is 10.5. The number of halogens is 3. The van der Waals surface area contributed by atoms with Gasteiger partial charge in [0.15, 0.2) is 0 Å². The molecule has 0 spiro atoms. The Labute approximate surface area is 214 Å². The molecule has 194 valence electrons. The van der Waals surface area contributed by atoms with Gasteiger partial charge in [-0.3, -0.25) is 13.9 Å². The molecule has 1 aromatic carbocycles. The van der Waals surface area contributed by atoms with Gasteiger partial charge in [0.1, 0.15) is 34.5 Å². The minimum atomic E-state index is -4.56. The van der Waals surface area contributed by atoms with Gasteiger partial charge in [-0.2, -0.15) is 0 Å². The molecule has 10 nitrogen and oxygen atoms in total. The van der Waals surface area contributed by atoms with Gasteiger partial charge in [0.05, 0.1) is 24.9 Å². The van der Waals surface area contributed by atoms with Crippen LogP contribution in [0.5, 0.6) is 11.6 Å². The van der Waals surface area contributed by atoms with Crippen LogP contribution in [0.1, 0.15) is 0 Å². The predicted molar refractivity (Wildman–Crippen MR) is 131 cm³/mol. The number of methoxy groups -OCH3 is 2. The number of aromatic nitrogens is 3. The molecule has 4 rings (SSSR count). The summed E-state index contributed by atoms with van der Waals surface area (Å²) < 4.78 is 72.4. The number of benzene rings is 1. The Morgan fingerprint density at radius 3 is 2.54 bits per heavy atom. The van der Waals surface area contributed by atoms with Crippen LogP contribution >= 0.6 is 11.6 Å². The average Bonchev–Trinajstić information content (AvgIpc) is 2.87. The van der Waals surface area contributed by atoms with Crippen molar-refractivity contribution in [3.8, 4) is 22.8 Å². The van der Waals surface area contributed by atoms with Crippen molar-refractivity contribution in [3.63, 3.8) is 0 Å². The Balaban J connectivity index is 1.74. The molecule has 3 aromatic heterocycles. The van der Waals surface area contributed by atoms with Gasteiger partial charge in [-0.05, 0) is 24.3 Å². The Hall–Kier alpha value is -3.81. The van der Waals surface area contributed by atoms with Crippen LogP contribution in [0.25, 0.3) is 16.8 Å². The maximum absolute atomic E-state index is 14.3. The lowest BCUT2D eigenvalue weighted by Gasteiger charge is -2.14. The maximum atomic E-state index is 14.3. The van der Waals surface area contributed by atoms with Crippen LogP contribution in [-0.4, -0.2) is 50.2 Å². The molecule has 0 aliphatic heterocycles. The number of anilines is 1. The van der Waals surface area contributed by atoms with Crippen molar-refractivity contribution >= 4 is 33.0 Å². The first kappa shape index (κ1) is 26.3. The highest BCUT2D eigenvalue weighted by atomic mass is 35.5. The van der Waals surface area contributed by atoms with Gasteiger partial charge in [0.25, 0.3) is 15.6 Å². The van der Waals surface area contributed by atoms with E-state index in [1.807, 2.05) is 0 Å². The molecule has 0 amide bonds. The SMILES string of the molecule is COCCOc1cnc2ccc(-c3cnc(OC)c(NS(=O)(=O)c4cc(Cl)c(F)cc4F)c3)cn2c1=O. The predicted octanol–water partition coefficient (Wildman–Crippen LogP) is 3.52. The van der Waals surface area contributed by atoms with Crippen LogP contribution in [0.2, 0.25) is 5.02 Å². The molecule has 0 unspecified atom stereocenters. The van der Waals surface area contributed by atoms with Crippen molar-refractivity contribution in [1.29, 1.82) is 0 Å². The summed E-state index contributed by atoms with van der Waals surface area (Å²) in [6.45, 7) is 0.442. The molecular formula is C23H19ClF2N4O6S. The van der Waals surface area contributed by atoms with E-state index in [4.69, 9.17) is 25.8 Å². The maximum Gasteiger partial charge on any atom is 0.300 e. The van der Waals surface area contributed by atoms with E-state index in [1.54, 1.807) is 12.1 Å². The molecule has 37 heavy (non-hydrogen) atoms. The first-order valence-corrected chi connectivity index (χ1v) is 12.4. The average molecular weight is 553 g/mol. The molecule has 4 aromatic rings. The van der Waals surface area contributed by atoms with E-state index < -0.39 is 37.1 Å². The Morgan fingerprint density at radius 1 is 1.03 bits per heavy atom. The van der Waals surface area contributed by atoms with Crippen LogP contribution in [0, 0.1) is 11.6 Å². The summed E-state index contributed by atoms with van der Waals surface area (Å²) in [6.07, 6.45) is 4.19. The van der Waals surface area contributed by atoms with E-state index in [0.717, 1.165) is 0 Å². The fourth-order valence-electron chi connectivity index (χ4n) is 3.32. The van der Waals surface area contributed by atoms with Gasteiger partial charge in [-0.1, -0.05) is 11.6 Å². The van der Waals surface area contributed by atoms with Crippen molar-refractivity contribution in [1.82, 2.24) is 14.4 Å². The Bertz CT molecular complexity index is 1650. The topological polar surface area (TPSA) is 121 Å². The molecule has 0 fully saturated rings. The fourth-order valence-corrected chi connectivity index (χ4v) is 4.68. The number of nitrogens with one attached hydrogen (secondary N) is 1. The number of pyridine rings is 2. The van der Waals surface area contributed by atoms with E-state index in [9.17, 15) is 22.0 Å². The smallest absolute Gasteiger partial charge is 0.300 e. The van der Waals surface area contributed by atoms with Gasteiger partial charge >= 0.3 is 0 Å². The second kappa shape index (κ2) is 10.7. The van der Waals surface area contributed by atoms with E-state index in [2.05, 4.69) is 14.7 Å². The first-order chi connectivity index (χ1) is 17.6. The lowest BCUT2D eigenvalue weighted by Crippen LogP contribution is -2.19. The number of ether oxygens (including phenoxy) is 3. The molecule has 0 radical (unpaired) electrons. The summed E-state index contributed by atoms with van der Waals surface area (Å²) in [5, 5.41) is -0.568. The number of hydrogen-bond donors (Lipinski definition) is 1. The van der Waals surface area contributed by atoms with Crippen LogP contribution in [-0.2, 0) is 14.8 Å². The highest BCUT2D eigenvalue weighted by Gasteiger charge is 2.24. The minimum Gasteiger partial charge on any atom is -0.484 e. The van der Waals surface area contributed by atoms with E-state index >= 15 is 0 Å². The third-order valence-electron chi connectivity index (χ3n) is 5.10. The van der Waals surface area contributed by atoms with Crippen molar-refractivity contribution in [2.75, 3.05) is 32.2 Å². The summed E-state index contributed by atoms with van der Waals surface area (Å²) in [6, 6.07) is 5.64. The van der Waals surface area contributed by atoms with Gasteiger partial charge < -0.3 is 14.2 Å². The largest absolute Gasteiger partial charge is 0.484 e. The van der Waals surface area contributed by atoms with Crippen LogP contribution < -0.4 is 19.8 Å². The lowest BCUT2D eigenvalue weighted by molar-refractivity contribution is 0.145. The summed E-state index contributed by atoms with van der Waals surface area (Å²) in [5.41, 5.74) is 0.600. The molecule has 14 heteroatoms. The monoisotopic (exact) mass is 552 g/mol. The zero-order valence-electron chi connectivity index (χ0n) is 19.4. The molecule has 0 atom stereocenters. The van der Waals surface area contributed by atoms with Crippen molar-refractivity contribution in [2.45, 2.75) is 4.90 Å². The quantitative estimate of drug-likeness (QED) is 0.247. The summed E-state index contributed by atoms with van der Waals surface area (Å²) in [7, 11) is -1.79. The van der Waals surface area contributed by atoms with E-state index in [0.29, 0.717) is 28.9 Å². The van der Waals surface area contributed by atoms with Crippen LogP contribution in [0.4, 0.5) is 14.5 Å². The van der Waals surface area contributed by atoms with Crippen molar-refractivity contribution in [3.05, 3.63) is 75.9 Å². The van der Waals surface area contributed by atoms with Crippen LogP contribution in [0.3, 0.4) is 0 Å². The number of hydrogen-bond acceptors (Lipinski definition) is 8. The second-order valence-corrected chi connectivity index (χ2v) is 9.56. The lowest BCUT2D eigenvalue weighted by atomic mass is 10.1. The zero-order valence-corrected chi connectivity index (χ0v) is 20.9. The number of nitrogens with zero attached hydrogens (tertiary/aromatic N) is 3. The van der Waals surface area contributed by atoms with Crippen molar-refractivity contribution < 1.29 is 31.4 Å². The normalized spacial score (nSPS) is 11.5.